The van der Waals surface area contributed by atoms with Gasteiger partial charge in [-0.15, -0.1) is 13.2 Å². The van der Waals surface area contributed by atoms with Crippen LogP contribution in [-0.2, 0) is 31.3 Å². The molecule has 3 rings (SSSR count). The highest BCUT2D eigenvalue weighted by atomic mass is 28.4. The molecule has 0 amide bonds. The lowest BCUT2D eigenvalue weighted by Gasteiger charge is -2.33. The Morgan fingerprint density at radius 2 is 0.778 bits per heavy atom. The van der Waals surface area contributed by atoms with Crippen LogP contribution in [0.2, 0.25) is 63.7 Å². The number of hydrogen-bond donors (Lipinski definition) is 2. The zero-order valence-electron chi connectivity index (χ0n) is 38.4. The summed E-state index contributed by atoms with van der Waals surface area (Å²) in [5.41, 5.74) is 1.32. The average Bonchev–Trinajstić information content (AvgIpc) is 3.22. The Morgan fingerprint density at radius 3 is 1.05 bits per heavy atom. The number of ether oxygens (including phenoxy) is 2. The van der Waals surface area contributed by atoms with Crippen molar-refractivity contribution < 1.29 is 66.8 Å². The van der Waals surface area contributed by atoms with Crippen LogP contribution in [0.5, 0.6) is 6.01 Å². The number of nitrogens with one attached hydrogen (secondary N) is 2. The molecule has 1 atom stereocenters. The summed E-state index contributed by atoms with van der Waals surface area (Å²) in [6.45, 7) is 14.9. The second kappa shape index (κ2) is 20.9. The van der Waals surface area contributed by atoms with Gasteiger partial charge < -0.3 is 41.9 Å². The Labute approximate surface area is 371 Å². The third-order valence-electron chi connectivity index (χ3n) is 11.2. The molecule has 0 saturated heterocycles. The zero-order chi connectivity index (χ0) is 47.9. The van der Waals surface area contributed by atoms with Crippen molar-refractivity contribution in [3.63, 3.8) is 0 Å². The van der Waals surface area contributed by atoms with Crippen molar-refractivity contribution >= 4 is 82.5 Å². The summed E-state index contributed by atoms with van der Waals surface area (Å²) in [5.74, 6) is -5.56. The van der Waals surface area contributed by atoms with Gasteiger partial charge in [0.2, 0.25) is 11.9 Å². The lowest BCUT2D eigenvalue weighted by Crippen LogP contribution is -2.55. The second-order valence-electron chi connectivity index (χ2n) is 17.7. The van der Waals surface area contributed by atoms with Gasteiger partial charge in [0, 0.05) is 66.3 Å². The largest absolute Gasteiger partial charge is 0.525 e. The van der Waals surface area contributed by atoms with E-state index in [1.54, 1.807) is 42.7 Å². The molecule has 0 radical (unpaired) electrons. The van der Waals surface area contributed by atoms with Gasteiger partial charge in [0.15, 0.2) is 6.61 Å². The van der Waals surface area contributed by atoms with Crippen molar-refractivity contribution in [1.82, 2.24) is 15.0 Å². The van der Waals surface area contributed by atoms with E-state index in [1.807, 2.05) is 0 Å². The predicted octanol–water partition coefficient (Wildman–Crippen LogP) is 5.81. The molecule has 0 saturated carbocycles. The van der Waals surface area contributed by atoms with Crippen LogP contribution in [0.1, 0.15) is 0 Å². The highest BCUT2D eigenvalue weighted by molar-refractivity contribution is 6.99. The molecule has 13 nitrogen and oxygen atoms in total. The average molecular weight is 1010 g/mol. The van der Waals surface area contributed by atoms with E-state index in [0.717, 1.165) is 20.7 Å². The summed E-state index contributed by atoms with van der Waals surface area (Å²) in [5, 5.41) is 10.7. The monoisotopic (exact) mass is 1010 g/mol. The first-order chi connectivity index (χ1) is 28.9. The van der Waals surface area contributed by atoms with Crippen LogP contribution in [0.4, 0.5) is 42.6 Å². The predicted molar refractivity (Wildman–Crippen MR) is 244 cm³/mol. The lowest BCUT2D eigenvalue weighted by molar-refractivity contribution is -0.451. The Hall–Kier alpha value is -2.62. The number of alkyl halides is 7. The maximum atomic E-state index is 14.8. The van der Waals surface area contributed by atoms with Gasteiger partial charge in [0.05, 0.1) is 16.1 Å². The fraction of sp³-hybridized carbons (Fsp3) is 0.595. The second-order valence-corrected chi connectivity index (χ2v) is 43.8. The number of nitrogens with zero attached hydrogens (tertiary/aromatic N) is 3. The lowest BCUT2D eigenvalue weighted by atomic mass is 10.3. The van der Waals surface area contributed by atoms with Gasteiger partial charge in [-0.2, -0.15) is 32.5 Å². The van der Waals surface area contributed by atoms with E-state index in [0.29, 0.717) is 23.7 Å². The van der Waals surface area contributed by atoms with Crippen molar-refractivity contribution in [3.8, 4) is 6.01 Å². The minimum absolute atomic E-state index is 0.153. The SMILES string of the molecule is CO[Si](C[Si](C)(C)c1ccc([Si](C)(C)CNc2nc(NC[Si](C)(C)c3ccc([Si](C)(C)C[Si](OC)(OC)OC)cc3)nc(OCC(F)(OC(F)(F)F)C(F)(F)F)n2)cc1)(OC)OC. The highest BCUT2D eigenvalue weighted by Gasteiger charge is 2.63. The van der Waals surface area contributed by atoms with Gasteiger partial charge in [-0.3, -0.25) is 0 Å². The van der Waals surface area contributed by atoms with Crippen LogP contribution in [0.15, 0.2) is 48.5 Å². The topological polar surface area (TPSA) is 137 Å². The molecule has 0 bridgehead atoms. The molecule has 0 aliphatic carbocycles. The fourth-order valence-electron chi connectivity index (χ4n) is 6.86. The van der Waals surface area contributed by atoms with Crippen LogP contribution >= 0.6 is 0 Å². The van der Waals surface area contributed by atoms with Crippen molar-refractivity contribution in [2.45, 2.75) is 82.1 Å². The molecule has 1 heterocycles. The number of hydrogen-bond acceptors (Lipinski definition) is 13. The van der Waals surface area contributed by atoms with Gasteiger partial charge in [-0.25, -0.2) is 4.74 Å². The standard InChI is InChI=1S/C37H62F7N5O8Si6/c1-50-62(51-2,52-3)26-60(11,12)30-19-15-28(16-20-30)58(7,8)24-45-32-47-33(49-34(48-32)56-23-35(38,36(39,40)41)57-37(42,43)44)46-25-59(9,10)29-17-21-31(22-18-29)61(13,14)27-63(53-4,54-5)55-6/h15-22H,23-27H2,1-14H3,(H2,45,46,47,48,49). The van der Waals surface area contributed by atoms with E-state index >= 15 is 0 Å². The van der Waals surface area contributed by atoms with E-state index in [-0.39, 0.29) is 11.9 Å². The summed E-state index contributed by atoms with van der Waals surface area (Å²) >= 11 is 0. The molecule has 0 aliphatic rings. The Kier molecular flexibility index (Phi) is 18.2. The van der Waals surface area contributed by atoms with Crippen molar-refractivity contribution in [2.24, 2.45) is 0 Å². The van der Waals surface area contributed by atoms with Crippen LogP contribution < -0.4 is 36.1 Å². The maximum Gasteiger partial charge on any atom is 0.525 e. The van der Waals surface area contributed by atoms with E-state index in [1.165, 1.54) is 0 Å². The zero-order valence-corrected chi connectivity index (χ0v) is 44.4. The first-order valence-corrected chi connectivity index (χ1v) is 36.5. The van der Waals surface area contributed by atoms with E-state index in [9.17, 15) is 30.7 Å². The summed E-state index contributed by atoms with van der Waals surface area (Å²) in [6, 6.07) is 15.7. The molecule has 3 aromatic rings. The van der Waals surface area contributed by atoms with Crippen molar-refractivity contribution in [1.29, 1.82) is 0 Å². The Morgan fingerprint density at radius 1 is 0.476 bits per heavy atom. The molecule has 0 fully saturated rings. The summed E-state index contributed by atoms with van der Waals surface area (Å²) in [6.07, 6.45) is -11.5. The minimum Gasteiger partial charge on any atom is -0.457 e. The normalized spacial score (nSPS) is 14.7. The third kappa shape index (κ3) is 14.4. The molecule has 2 aromatic carbocycles. The third-order valence-corrected chi connectivity index (χ3v) is 35.1. The van der Waals surface area contributed by atoms with Crippen LogP contribution in [0.3, 0.4) is 0 Å². The number of rotatable bonds is 24. The van der Waals surface area contributed by atoms with E-state index in [4.69, 9.17) is 31.3 Å². The summed E-state index contributed by atoms with van der Waals surface area (Å²) in [7, 11) is -5.11. The molecule has 63 heavy (non-hydrogen) atoms. The maximum absolute atomic E-state index is 14.8. The van der Waals surface area contributed by atoms with Gasteiger partial charge in [-0.05, 0) is 0 Å². The molecule has 0 aliphatic heterocycles. The Bertz CT molecular complexity index is 1800. The first kappa shape index (κ1) is 54.7. The first-order valence-electron chi connectivity index (χ1n) is 19.8. The molecule has 1 aromatic heterocycles. The number of aromatic nitrogens is 3. The van der Waals surface area contributed by atoms with Gasteiger partial charge in [-0.1, -0.05) is 122 Å². The van der Waals surface area contributed by atoms with Gasteiger partial charge >= 0.3 is 42.0 Å². The molecule has 26 heteroatoms. The van der Waals surface area contributed by atoms with E-state index in [2.05, 4.69) is 131 Å². The van der Waals surface area contributed by atoms with Gasteiger partial charge in [0.25, 0.3) is 0 Å². The van der Waals surface area contributed by atoms with E-state index < -0.39 is 80.9 Å². The van der Waals surface area contributed by atoms with Crippen molar-refractivity contribution in [3.05, 3.63) is 48.5 Å². The molecule has 1 unspecified atom stereocenters. The fourth-order valence-corrected chi connectivity index (χ4v) is 27.5. The van der Waals surface area contributed by atoms with Crippen molar-refractivity contribution in [2.75, 3.05) is 72.2 Å². The number of benzene rings is 2. The smallest absolute Gasteiger partial charge is 0.457 e. The minimum atomic E-state index is -6.12. The molecule has 0 spiro atoms. The molecular formula is C37H62F7N5O8Si6. The molecular weight excluding hydrogens is 944 g/mol. The number of halogens is 7. The van der Waals surface area contributed by atoms with Gasteiger partial charge in [0.1, 0.15) is 16.1 Å². The summed E-state index contributed by atoms with van der Waals surface area (Å²) in [4.78, 5) is 12.5. The molecule has 2 N–H and O–H groups in total. The van der Waals surface area contributed by atoms with Crippen LogP contribution in [-0.4, -0.2) is 145 Å². The highest BCUT2D eigenvalue weighted by Crippen LogP contribution is 2.40. The van der Waals surface area contributed by atoms with Crippen LogP contribution in [0.25, 0.3) is 0 Å². The quantitative estimate of drug-likeness (QED) is 0.0827. The molecule has 356 valence electrons. The Balaban J connectivity index is 1.91. The van der Waals surface area contributed by atoms with Crippen LogP contribution in [0, 0.1) is 0 Å². The summed E-state index contributed by atoms with van der Waals surface area (Å²) < 4.78 is 136. The number of anilines is 2.